The minimum Gasteiger partial charge on any atom is -0.489 e. The molecule has 3 rings (SSSR count). The lowest BCUT2D eigenvalue weighted by molar-refractivity contribution is -0.139. The Morgan fingerprint density at radius 2 is 1.68 bits per heavy atom. The van der Waals surface area contributed by atoms with E-state index >= 15 is 0 Å². The summed E-state index contributed by atoms with van der Waals surface area (Å²) in [4.78, 5) is 23.7. The van der Waals surface area contributed by atoms with Crippen molar-refractivity contribution in [2.45, 2.75) is 13.0 Å². The molecule has 0 aromatic heterocycles. The maximum absolute atomic E-state index is 11.9. The van der Waals surface area contributed by atoms with Crippen molar-refractivity contribution in [3.05, 3.63) is 101 Å². The quantitative estimate of drug-likeness (QED) is 0.321. The first-order valence-electron chi connectivity index (χ1n) is 9.72. The van der Waals surface area contributed by atoms with Gasteiger partial charge in [0.1, 0.15) is 12.4 Å². The van der Waals surface area contributed by atoms with E-state index in [-0.39, 0.29) is 0 Å². The van der Waals surface area contributed by atoms with Crippen LogP contribution in [0.15, 0.2) is 84.0 Å². The average molecular weight is 436 g/mol. The van der Waals surface area contributed by atoms with Crippen LogP contribution in [0.4, 0.5) is 0 Å². The van der Waals surface area contributed by atoms with Crippen molar-refractivity contribution >= 4 is 29.6 Å². The molecule has 0 saturated carbocycles. The molecule has 0 bridgehead atoms. The predicted octanol–water partition coefficient (Wildman–Crippen LogP) is 3.73. The molecule has 0 aliphatic carbocycles. The molecular weight excluding hydrogens is 414 g/mol. The topological polar surface area (TPSA) is 79.8 Å². The molecule has 3 aromatic carbocycles. The van der Waals surface area contributed by atoms with Gasteiger partial charge in [0, 0.05) is 11.6 Å². The Balaban J connectivity index is 1.43. The third-order valence-corrected chi connectivity index (χ3v) is 4.56. The molecule has 0 saturated heterocycles. The molecule has 6 nitrogen and oxygen atoms in total. The monoisotopic (exact) mass is 435 g/mol. The highest BCUT2D eigenvalue weighted by atomic mass is 35.5. The zero-order valence-corrected chi connectivity index (χ0v) is 17.5. The Hall–Kier alpha value is -3.64. The van der Waals surface area contributed by atoms with E-state index in [1.54, 1.807) is 6.07 Å². The van der Waals surface area contributed by atoms with Crippen LogP contribution in [0.1, 0.15) is 16.7 Å². The molecule has 0 radical (unpaired) electrons. The number of benzene rings is 3. The van der Waals surface area contributed by atoms with Gasteiger partial charge in [-0.05, 0) is 47.4 Å². The standard InChI is InChI=1S/C24H22ClN3O3/c25-21-11-9-19(10-12-21)17-31-22-8-4-7-20(15-22)16-27-28-24(30)23(29)26-14-13-18-5-2-1-3-6-18/h1-12,15-16H,13-14,17H2,(H,26,29)(H,28,30)/b27-16-. The van der Waals surface area contributed by atoms with Crippen molar-refractivity contribution in [2.75, 3.05) is 6.54 Å². The Morgan fingerprint density at radius 3 is 2.45 bits per heavy atom. The summed E-state index contributed by atoms with van der Waals surface area (Å²) in [6, 6.07) is 24.4. The summed E-state index contributed by atoms with van der Waals surface area (Å²) in [5, 5.41) is 7.09. The molecule has 3 aromatic rings. The fourth-order valence-electron chi connectivity index (χ4n) is 2.69. The van der Waals surface area contributed by atoms with Crippen LogP contribution in [-0.2, 0) is 22.6 Å². The molecule has 0 unspecified atom stereocenters. The lowest BCUT2D eigenvalue weighted by atomic mass is 10.1. The van der Waals surface area contributed by atoms with Crippen LogP contribution >= 0.6 is 11.6 Å². The molecule has 0 aliphatic heterocycles. The van der Waals surface area contributed by atoms with Gasteiger partial charge in [-0.15, -0.1) is 0 Å². The summed E-state index contributed by atoms with van der Waals surface area (Å²) in [5.41, 5.74) is 5.03. The molecule has 7 heteroatoms. The van der Waals surface area contributed by atoms with Gasteiger partial charge in [-0.2, -0.15) is 5.10 Å². The van der Waals surface area contributed by atoms with Gasteiger partial charge in [-0.3, -0.25) is 9.59 Å². The average Bonchev–Trinajstić information content (AvgIpc) is 2.79. The van der Waals surface area contributed by atoms with Crippen molar-refractivity contribution in [1.82, 2.24) is 10.7 Å². The highest BCUT2D eigenvalue weighted by Crippen LogP contribution is 2.15. The second-order valence-electron chi connectivity index (χ2n) is 6.68. The molecular formula is C24H22ClN3O3. The fraction of sp³-hybridized carbons (Fsp3) is 0.125. The number of hydrazone groups is 1. The smallest absolute Gasteiger partial charge is 0.329 e. The number of hydrogen-bond acceptors (Lipinski definition) is 4. The molecule has 0 aliphatic rings. The zero-order valence-electron chi connectivity index (χ0n) is 16.8. The van der Waals surface area contributed by atoms with Crippen molar-refractivity contribution < 1.29 is 14.3 Å². The Labute approximate surface area is 185 Å². The number of halogens is 1. The first kappa shape index (κ1) is 22.1. The van der Waals surface area contributed by atoms with Crippen molar-refractivity contribution in [1.29, 1.82) is 0 Å². The zero-order chi connectivity index (χ0) is 21.9. The number of carbonyl (C=O) groups excluding carboxylic acids is 2. The van der Waals surface area contributed by atoms with E-state index in [0.717, 1.165) is 16.7 Å². The van der Waals surface area contributed by atoms with Crippen LogP contribution in [0.25, 0.3) is 0 Å². The molecule has 2 amide bonds. The lowest BCUT2D eigenvalue weighted by Gasteiger charge is -2.07. The second kappa shape index (κ2) is 11.5. The fourth-order valence-corrected chi connectivity index (χ4v) is 2.82. The van der Waals surface area contributed by atoms with Gasteiger partial charge in [0.05, 0.1) is 6.21 Å². The number of nitrogens with one attached hydrogen (secondary N) is 2. The summed E-state index contributed by atoms with van der Waals surface area (Å²) >= 11 is 5.88. The number of amides is 2. The van der Waals surface area contributed by atoms with Gasteiger partial charge < -0.3 is 10.1 Å². The Morgan fingerprint density at radius 1 is 0.903 bits per heavy atom. The van der Waals surface area contributed by atoms with Crippen molar-refractivity contribution in [2.24, 2.45) is 5.10 Å². The van der Waals surface area contributed by atoms with Gasteiger partial charge in [-0.25, -0.2) is 5.43 Å². The van der Waals surface area contributed by atoms with E-state index in [0.29, 0.717) is 30.3 Å². The number of hydrogen-bond donors (Lipinski definition) is 2. The number of carbonyl (C=O) groups is 2. The molecule has 2 N–H and O–H groups in total. The Bertz CT molecular complexity index is 1040. The van der Waals surface area contributed by atoms with Gasteiger partial charge in [0.25, 0.3) is 0 Å². The molecule has 0 atom stereocenters. The van der Waals surface area contributed by atoms with E-state index < -0.39 is 11.8 Å². The van der Waals surface area contributed by atoms with Gasteiger partial charge in [0.2, 0.25) is 0 Å². The third-order valence-electron chi connectivity index (χ3n) is 4.30. The van der Waals surface area contributed by atoms with Crippen LogP contribution < -0.4 is 15.5 Å². The van der Waals surface area contributed by atoms with Crippen LogP contribution in [0.3, 0.4) is 0 Å². The van der Waals surface area contributed by atoms with E-state index in [1.807, 2.05) is 72.8 Å². The number of nitrogens with zero attached hydrogens (tertiary/aromatic N) is 1. The van der Waals surface area contributed by atoms with Crippen LogP contribution in [0.2, 0.25) is 5.02 Å². The maximum atomic E-state index is 11.9. The molecule has 0 fully saturated rings. The van der Waals surface area contributed by atoms with Crippen LogP contribution in [0.5, 0.6) is 5.75 Å². The van der Waals surface area contributed by atoms with E-state index in [1.165, 1.54) is 6.21 Å². The summed E-state index contributed by atoms with van der Waals surface area (Å²) in [5.74, 6) is -0.892. The SMILES string of the molecule is O=C(NCCc1ccccc1)C(=O)N/N=C\c1cccc(OCc2ccc(Cl)cc2)c1. The summed E-state index contributed by atoms with van der Waals surface area (Å²) in [7, 11) is 0. The highest BCUT2D eigenvalue weighted by molar-refractivity contribution is 6.35. The van der Waals surface area contributed by atoms with Gasteiger partial charge in [-0.1, -0.05) is 66.2 Å². The maximum Gasteiger partial charge on any atom is 0.329 e. The molecule has 31 heavy (non-hydrogen) atoms. The second-order valence-corrected chi connectivity index (χ2v) is 7.11. The van der Waals surface area contributed by atoms with E-state index in [4.69, 9.17) is 16.3 Å². The normalized spacial score (nSPS) is 10.6. The van der Waals surface area contributed by atoms with Crippen molar-refractivity contribution in [3.8, 4) is 5.75 Å². The summed E-state index contributed by atoms with van der Waals surface area (Å²) in [6.07, 6.45) is 2.09. The first-order chi connectivity index (χ1) is 15.1. The molecule has 0 spiro atoms. The summed E-state index contributed by atoms with van der Waals surface area (Å²) in [6.45, 7) is 0.768. The Kier molecular flexibility index (Phi) is 8.20. The highest BCUT2D eigenvalue weighted by Gasteiger charge is 2.11. The van der Waals surface area contributed by atoms with E-state index in [9.17, 15) is 9.59 Å². The van der Waals surface area contributed by atoms with Crippen LogP contribution in [-0.4, -0.2) is 24.6 Å². The largest absolute Gasteiger partial charge is 0.489 e. The predicted molar refractivity (Wildman–Crippen MR) is 121 cm³/mol. The van der Waals surface area contributed by atoms with Gasteiger partial charge >= 0.3 is 11.8 Å². The van der Waals surface area contributed by atoms with E-state index in [2.05, 4.69) is 15.8 Å². The summed E-state index contributed by atoms with van der Waals surface area (Å²) < 4.78 is 5.76. The molecule has 158 valence electrons. The van der Waals surface area contributed by atoms with Gasteiger partial charge in [0.15, 0.2) is 0 Å². The van der Waals surface area contributed by atoms with Crippen LogP contribution in [0, 0.1) is 0 Å². The minimum atomic E-state index is -0.820. The lowest BCUT2D eigenvalue weighted by Crippen LogP contribution is -2.38. The van der Waals surface area contributed by atoms with Crippen molar-refractivity contribution in [3.63, 3.8) is 0 Å². The molecule has 0 heterocycles. The number of ether oxygens (including phenoxy) is 1. The third kappa shape index (κ3) is 7.60. The first-order valence-corrected chi connectivity index (χ1v) is 10.1. The minimum absolute atomic E-state index is 0.368. The number of rotatable bonds is 8.